The number of benzene rings is 2. The number of amides is 2. The minimum absolute atomic E-state index is 0.0490. The lowest BCUT2D eigenvalue weighted by Gasteiger charge is -2.09. The number of hydrogen-bond acceptors (Lipinski definition) is 3. The van der Waals surface area contributed by atoms with Gasteiger partial charge in [0.15, 0.2) is 0 Å². The Morgan fingerprint density at radius 1 is 1.16 bits per heavy atom. The number of nitriles is 1. The highest BCUT2D eigenvalue weighted by atomic mass is 35.5. The first-order valence-corrected chi connectivity index (χ1v) is 7.84. The highest BCUT2D eigenvalue weighted by Crippen LogP contribution is 2.23. The molecule has 0 radical (unpaired) electrons. The van der Waals surface area contributed by atoms with E-state index in [1.54, 1.807) is 56.4 Å². The third-order valence-corrected chi connectivity index (χ3v) is 4.00. The van der Waals surface area contributed by atoms with Crippen LogP contribution in [0, 0.1) is 18.3 Å². The van der Waals surface area contributed by atoms with E-state index in [0.29, 0.717) is 21.8 Å². The number of halogens is 1. The van der Waals surface area contributed by atoms with Crippen LogP contribution in [0.3, 0.4) is 0 Å². The van der Waals surface area contributed by atoms with Gasteiger partial charge in [0.1, 0.15) is 11.6 Å². The molecular weight excluding hydrogens is 338 g/mol. The Morgan fingerprint density at radius 2 is 1.84 bits per heavy atom. The van der Waals surface area contributed by atoms with Gasteiger partial charge in [-0.2, -0.15) is 5.26 Å². The van der Waals surface area contributed by atoms with Gasteiger partial charge in [0, 0.05) is 23.3 Å². The normalized spacial score (nSPS) is 10.7. The van der Waals surface area contributed by atoms with Gasteiger partial charge in [-0.3, -0.25) is 9.59 Å². The molecule has 0 fully saturated rings. The minimum Gasteiger partial charge on any atom is -0.355 e. The van der Waals surface area contributed by atoms with Gasteiger partial charge in [-0.05, 0) is 48.4 Å². The van der Waals surface area contributed by atoms with E-state index >= 15 is 0 Å². The summed E-state index contributed by atoms with van der Waals surface area (Å²) in [6.07, 6.45) is 1.46. The van der Waals surface area contributed by atoms with Gasteiger partial charge in [0.05, 0.1) is 0 Å². The van der Waals surface area contributed by atoms with Crippen LogP contribution in [0.5, 0.6) is 0 Å². The molecule has 2 N–H and O–H groups in total. The Bertz CT molecular complexity index is 881. The molecule has 5 nitrogen and oxygen atoms in total. The van der Waals surface area contributed by atoms with Crippen LogP contribution in [0.25, 0.3) is 6.08 Å². The number of rotatable bonds is 4. The van der Waals surface area contributed by atoms with Crippen LogP contribution in [-0.4, -0.2) is 18.9 Å². The van der Waals surface area contributed by atoms with Crippen molar-refractivity contribution in [2.45, 2.75) is 6.92 Å². The molecule has 0 spiro atoms. The molecule has 0 bridgehead atoms. The number of nitrogens with one attached hydrogen (secondary N) is 2. The molecule has 126 valence electrons. The van der Waals surface area contributed by atoms with E-state index in [1.807, 2.05) is 6.07 Å². The van der Waals surface area contributed by atoms with Crippen LogP contribution in [0.15, 0.2) is 48.0 Å². The summed E-state index contributed by atoms with van der Waals surface area (Å²) in [7, 11) is 1.55. The fourth-order valence-corrected chi connectivity index (χ4v) is 2.30. The Kier molecular flexibility index (Phi) is 5.93. The van der Waals surface area contributed by atoms with Crippen LogP contribution in [0.1, 0.15) is 21.5 Å². The lowest BCUT2D eigenvalue weighted by Crippen LogP contribution is -2.17. The molecule has 2 aromatic carbocycles. The van der Waals surface area contributed by atoms with Gasteiger partial charge in [0.2, 0.25) is 0 Å². The maximum Gasteiger partial charge on any atom is 0.266 e. The first-order chi connectivity index (χ1) is 12.0. The van der Waals surface area contributed by atoms with Crippen molar-refractivity contribution in [3.8, 4) is 6.07 Å². The van der Waals surface area contributed by atoms with E-state index in [4.69, 9.17) is 11.6 Å². The second-order valence-electron chi connectivity index (χ2n) is 5.24. The number of hydrogen-bond donors (Lipinski definition) is 2. The predicted molar refractivity (Wildman–Crippen MR) is 98.2 cm³/mol. The van der Waals surface area contributed by atoms with Crippen LogP contribution in [-0.2, 0) is 4.79 Å². The second-order valence-corrected chi connectivity index (χ2v) is 5.64. The van der Waals surface area contributed by atoms with Gasteiger partial charge < -0.3 is 10.6 Å². The summed E-state index contributed by atoms with van der Waals surface area (Å²) < 4.78 is 0. The largest absolute Gasteiger partial charge is 0.355 e. The van der Waals surface area contributed by atoms with Crippen LogP contribution >= 0.6 is 11.6 Å². The highest BCUT2D eigenvalue weighted by Gasteiger charge is 2.12. The standard InChI is InChI=1S/C19H16ClN3O2/c1-12-16(20)4-3-5-17(12)23-19(25)15(11-21)10-13-6-8-14(9-7-13)18(24)22-2/h3-10H,1-2H3,(H,22,24)(H,23,25)/b15-10-. The lowest BCUT2D eigenvalue weighted by molar-refractivity contribution is -0.112. The number of carbonyl (C=O) groups is 2. The van der Waals surface area contributed by atoms with Crippen LogP contribution in [0.4, 0.5) is 5.69 Å². The third-order valence-electron chi connectivity index (χ3n) is 3.59. The molecule has 0 saturated heterocycles. The molecule has 2 aromatic rings. The SMILES string of the molecule is CNC(=O)c1ccc(/C=C(/C#N)C(=O)Nc2cccc(Cl)c2C)cc1. The molecule has 0 aliphatic heterocycles. The summed E-state index contributed by atoms with van der Waals surface area (Å²) in [6.45, 7) is 1.78. The van der Waals surface area contributed by atoms with Crippen molar-refractivity contribution in [2.24, 2.45) is 0 Å². The average Bonchev–Trinajstić information content (AvgIpc) is 2.63. The van der Waals surface area contributed by atoms with Crippen molar-refractivity contribution >= 4 is 35.2 Å². The van der Waals surface area contributed by atoms with Gasteiger partial charge in [-0.1, -0.05) is 29.8 Å². The zero-order chi connectivity index (χ0) is 18.4. The fraction of sp³-hybridized carbons (Fsp3) is 0.105. The molecule has 2 rings (SSSR count). The van der Waals surface area contributed by atoms with Crippen molar-refractivity contribution in [1.82, 2.24) is 5.32 Å². The molecule has 0 saturated carbocycles. The fourth-order valence-electron chi connectivity index (χ4n) is 2.12. The zero-order valence-corrected chi connectivity index (χ0v) is 14.5. The average molecular weight is 354 g/mol. The molecule has 2 amide bonds. The number of nitrogens with zero attached hydrogens (tertiary/aromatic N) is 1. The van der Waals surface area contributed by atoms with Gasteiger partial charge in [-0.15, -0.1) is 0 Å². The lowest BCUT2D eigenvalue weighted by atomic mass is 10.1. The Morgan fingerprint density at radius 3 is 2.44 bits per heavy atom. The Labute approximate surface area is 150 Å². The van der Waals surface area contributed by atoms with E-state index < -0.39 is 5.91 Å². The van der Waals surface area contributed by atoms with Crippen molar-refractivity contribution < 1.29 is 9.59 Å². The Balaban J connectivity index is 2.22. The van der Waals surface area contributed by atoms with Crippen molar-refractivity contribution in [2.75, 3.05) is 12.4 Å². The third kappa shape index (κ3) is 4.46. The quantitative estimate of drug-likeness (QED) is 0.651. The summed E-state index contributed by atoms with van der Waals surface area (Å²) >= 11 is 6.03. The van der Waals surface area contributed by atoms with Gasteiger partial charge in [-0.25, -0.2) is 0 Å². The second kappa shape index (κ2) is 8.13. The molecule has 0 heterocycles. The molecule has 6 heteroatoms. The number of carbonyl (C=O) groups excluding carboxylic acids is 2. The van der Waals surface area contributed by atoms with Gasteiger partial charge in [0.25, 0.3) is 11.8 Å². The molecule has 0 aliphatic carbocycles. The molecule has 25 heavy (non-hydrogen) atoms. The first kappa shape index (κ1) is 18.2. The predicted octanol–water partition coefficient (Wildman–Crippen LogP) is 3.55. The van der Waals surface area contributed by atoms with Crippen molar-refractivity contribution in [1.29, 1.82) is 5.26 Å². The maximum absolute atomic E-state index is 12.3. The topological polar surface area (TPSA) is 82.0 Å². The molecule has 0 aliphatic rings. The van der Waals surface area contributed by atoms with E-state index in [1.165, 1.54) is 6.08 Å². The van der Waals surface area contributed by atoms with Crippen LogP contribution < -0.4 is 10.6 Å². The number of anilines is 1. The first-order valence-electron chi connectivity index (χ1n) is 7.46. The summed E-state index contributed by atoms with van der Waals surface area (Å²) in [5.74, 6) is -0.728. The molecule has 0 atom stereocenters. The summed E-state index contributed by atoms with van der Waals surface area (Å²) in [5.41, 5.74) is 2.37. The van der Waals surface area contributed by atoms with E-state index in [0.717, 1.165) is 5.56 Å². The van der Waals surface area contributed by atoms with E-state index in [-0.39, 0.29) is 11.5 Å². The summed E-state index contributed by atoms with van der Waals surface area (Å²) in [4.78, 5) is 23.8. The van der Waals surface area contributed by atoms with E-state index in [2.05, 4.69) is 10.6 Å². The van der Waals surface area contributed by atoms with Crippen molar-refractivity contribution in [3.63, 3.8) is 0 Å². The highest BCUT2D eigenvalue weighted by molar-refractivity contribution is 6.31. The monoisotopic (exact) mass is 353 g/mol. The molecule has 0 aromatic heterocycles. The van der Waals surface area contributed by atoms with Gasteiger partial charge >= 0.3 is 0 Å². The maximum atomic E-state index is 12.3. The zero-order valence-electron chi connectivity index (χ0n) is 13.8. The van der Waals surface area contributed by atoms with E-state index in [9.17, 15) is 14.9 Å². The summed E-state index contributed by atoms with van der Waals surface area (Å²) in [6, 6.07) is 13.6. The van der Waals surface area contributed by atoms with Crippen molar-refractivity contribution in [3.05, 3.63) is 69.8 Å². The molecule has 0 unspecified atom stereocenters. The summed E-state index contributed by atoms with van der Waals surface area (Å²) in [5, 5.41) is 15.0. The minimum atomic E-state index is -0.525. The molecular formula is C19H16ClN3O2. The van der Waals surface area contributed by atoms with Crippen LogP contribution in [0.2, 0.25) is 5.02 Å². The smallest absolute Gasteiger partial charge is 0.266 e. The Hall–Kier alpha value is -3.10.